The van der Waals surface area contributed by atoms with E-state index in [0.29, 0.717) is 31.2 Å². The van der Waals surface area contributed by atoms with Gasteiger partial charge in [-0.05, 0) is 37.3 Å². The number of carbonyl (C=O) groups is 2. The molecule has 1 N–H and O–H groups in total. The van der Waals surface area contributed by atoms with Gasteiger partial charge in [-0.1, -0.05) is 31.6 Å². The molecule has 6 nitrogen and oxygen atoms in total. The van der Waals surface area contributed by atoms with Crippen molar-refractivity contribution in [2.45, 2.75) is 45.6 Å². The number of likely N-dealkylation sites (tertiary alicyclic amines) is 1. The highest BCUT2D eigenvalue weighted by atomic mass is 16.7. The molecule has 0 aromatic heterocycles. The molecule has 0 radical (unpaired) electrons. The largest absolute Gasteiger partial charge is 0.454 e. The number of hydrogen-bond donors (Lipinski definition) is 1. The molecule has 2 aliphatic heterocycles. The maximum Gasteiger partial charge on any atom is 0.244 e. The van der Waals surface area contributed by atoms with Crippen LogP contribution < -0.4 is 14.8 Å². The summed E-state index contributed by atoms with van der Waals surface area (Å²) in [5.41, 5.74) is 1.86. The summed E-state index contributed by atoms with van der Waals surface area (Å²) in [6.07, 6.45) is 3.72. The summed E-state index contributed by atoms with van der Waals surface area (Å²) in [6.45, 7) is 7.72. The first-order chi connectivity index (χ1) is 13.4. The fraction of sp³-hybridized carbons (Fsp3) is 0.545. The van der Waals surface area contributed by atoms with E-state index in [9.17, 15) is 9.59 Å². The van der Waals surface area contributed by atoms with Crippen molar-refractivity contribution in [3.8, 4) is 11.5 Å². The number of nitrogens with zero attached hydrogens (tertiary/aromatic N) is 1. The van der Waals surface area contributed by atoms with Crippen molar-refractivity contribution in [2.24, 2.45) is 11.8 Å². The Balaban J connectivity index is 1.31. The van der Waals surface area contributed by atoms with Crippen LogP contribution >= 0.6 is 0 Å². The second-order valence-electron chi connectivity index (χ2n) is 8.51. The van der Waals surface area contributed by atoms with Crippen LogP contribution in [0.1, 0.15) is 39.2 Å². The summed E-state index contributed by atoms with van der Waals surface area (Å²) >= 11 is 0. The molecule has 3 aliphatic rings. The van der Waals surface area contributed by atoms with Gasteiger partial charge in [0.2, 0.25) is 18.6 Å². The Morgan fingerprint density at radius 3 is 2.96 bits per heavy atom. The maximum absolute atomic E-state index is 12.7. The number of piperidine rings is 1. The normalized spacial score (nSPS) is 25.1. The summed E-state index contributed by atoms with van der Waals surface area (Å²) in [5, 5.41) is 3.16. The topological polar surface area (TPSA) is 67.9 Å². The molecule has 2 heterocycles. The second-order valence-corrected chi connectivity index (χ2v) is 8.51. The van der Waals surface area contributed by atoms with Crippen LogP contribution in [0.4, 0.5) is 0 Å². The molecule has 0 spiro atoms. The Morgan fingerprint density at radius 2 is 2.18 bits per heavy atom. The average molecular weight is 384 g/mol. The van der Waals surface area contributed by atoms with Crippen LogP contribution in [0, 0.1) is 11.8 Å². The molecule has 0 bridgehead atoms. The lowest BCUT2D eigenvalue weighted by Crippen LogP contribution is -2.43. The minimum atomic E-state index is -0.217. The highest BCUT2D eigenvalue weighted by Gasteiger charge is 2.61. The molecular formula is C22H28N2O4. The lowest BCUT2D eigenvalue weighted by molar-refractivity contribution is -0.131. The number of carbonyl (C=O) groups excluding carboxylic acids is 2. The van der Waals surface area contributed by atoms with Crippen molar-refractivity contribution in [3.63, 3.8) is 0 Å². The van der Waals surface area contributed by atoms with Gasteiger partial charge in [-0.25, -0.2) is 0 Å². The zero-order valence-electron chi connectivity index (χ0n) is 16.8. The lowest BCUT2D eigenvalue weighted by Gasteiger charge is -2.22. The molecule has 1 saturated carbocycles. The maximum atomic E-state index is 12.7. The number of amides is 2. The van der Waals surface area contributed by atoms with Gasteiger partial charge in [0.05, 0.1) is 5.54 Å². The molecule has 150 valence electrons. The van der Waals surface area contributed by atoms with Crippen molar-refractivity contribution in [3.05, 3.63) is 35.4 Å². The summed E-state index contributed by atoms with van der Waals surface area (Å²) < 4.78 is 10.9. The van der Waals surface area contributed by atoms with Gasteiger partial charge < -0.3 is 19.7 Å². The third-order valence-electron chi connectivity index (χ3n) is 6.23. The third kappa shape index (κ3) is 3.60. The molecule has 0 unspecified atom stereocenters. The summed E-state index contributed by atoms with van der Waals surface area (Å²) in [6, 6.07) is 5.78. The molecule has 1 aromatic rings. The number of nitrogens with one attached hydrogen (secondary N) is 1. The number of ether oxygens (including phenoxy) is 2. The van der Waals surface area contributed by atoms with E-state index in [-0.39, 0.29) is 24.1 Å². The molecule has 1 saturated heterocycles. The summed E-state index contributed by atoms with van der Waals surface area (Å²) in [4.78, 5) is 26.9. The van der Waals surface area contributed by atoms with E-state index in [1.807, 2.05) is 30.0 Å². The summed E-state index contributed by atoms with van der Waals surface area (Å²) in [5.74, 6) is 2.33. The lowest BCUT2D eigenvalue weighted by atomic mass is 10.1. The first-order valence-electron chi connectivity index (χ1n) is 10.0. The number of rotatable bonds is 6. The van der Waals surface area contributed by atoms with E-state index in [1.54, 1.807) is 6.08 Å². The van der Waals surface area contributed by atoms with Gasteiger partial charge in [0.25, 0.3) is 0 Å². The fourth-order valence-electron chi connectivity index (χ4n) is 4.11. The Bertz CT molecular complexity index is 832. The number of fused-ring (bicyclic) bond motifs is 2. The SMILES string of the molecule is C/C(=C\C(=O)N[C@@]12C[C@@H]1CN(C(=O)CCc1cccc3c1OCO3)C2)C(C)C. The quantitative estimate of drug-likeness (QED) is 0.766. The zero-order chi connectivity index (χ0) is 19.9. The van der Waals surface area contributed by atoms with E-state index in [4.69, 9.17) is 9.47 Å². The van der Waals surface area contributed by atoms with E-state index in [0.717, 1.165) is 35.6 Å². The molecule has 1 aliphatic carbocycles. The van der Waals surface area contributed by atoms with Crippen LogP contribution in [0.3, 0.4) is 0 Å². The van der Waals surface area contributed by atoms with E-state index < -0.39 is 0 Å². The fourth-order valence-corrected chi connectivity index (χ4v) is 4.11. The van der Waals surface area contributed by atoms with Crippen molar-refractivity contribution in [2.75, 3.05) is 19.9 Å². The molecule has 2 fully saturated rings. The number of benzene rings is 1. The van der Waals surface area contributed by atoms with Crippen molar-refractivity contribution in [1.82, 2.24) is 10.2 Å². The highest BCUT2D eigenvalue weighted by molar-refractivity contribution is 5.89. The van der Waals surface area contributed by atoms with E-state index in [1.165, 1.54) is 0 Å². The second kappa shape index (κ2) is 7.15. The van der Waals surface area contributed by atoms with Gasteiger partial charge in [-0.3, -0.25) is 9.59 Å². The number of hydrogen-bond acceptors (Lipinski definition) is 4. The number of para-hydroxylation sites is 1. The first kappa shape index (κ1) is 18.8. The van der Waals surface area contributed by atoms with E-state index in [2.05, 4.69) is 19.2 Å². The Labute approximate surface area is 165 Å². The Hall–Kier alpha value is -2.50. The van der Waals surface area contributed by atoms with Crippen LogP contribution in [-0.2, 0) is 16.0 Å². The van der Waals surface area contributed by atoms with Crippen LogP contribution in [0.15, 0.2) is 29.8 Å². The van der Waals surface area contributed by atoms with Crippen molar-refractivity contribution >= 4 is 11.8 Å². The average Bonchev–Trinajstić information content (AvgIpc) is 3.00. The molecule has 2 amide bonds. The monoisotopic (exact) mass is 384 g/mol. The van der Waals surface area contributed by atoms with Gasteiger partial charge in [0.1, 0.15) is 0 Å². The van der Waals surface area contributed by atoms with Crippen LogP contribution in [0.2, 0.25) is 0 Å². The van der Waals surface area contributed by atoms with Crippen molar-refractivity contribution in [1.29, 1.82) is 0 Å². The van der Waals surface area contributed by atoms with E-state index >= 15 is 0 Å². The molecular weight excluding hydrogens is 356 g/mol. The Kier molecular flexibility index (Phi) is 4.81. The minimum Gasteiger partial charge on any atom is -0.454 e. The van der Waals surface area contributed by atoms with Crippen LogP contribution in [-0.4, -0.2) is 42.1 Å². The highest BCUT2D eigenvalue weighted by Crippen LogP contribution is 2.49. The number of allylic oxidation sites excluding steroid dienone is 1. The first-order valence-corrected chi connectivity index (χ1v) is 10.0. The zero-order valence-corrected chi connectivity index (χ0v) is 16.8. The van der Waals surface area contributed by atoms with Gasteiger partial charge >= 0.3 is 0 Å². The third-order valence-corrected chi connectivity index (χ3v) is 6.23. The van der Waals surface area contributed by atoms with Gasteiger partial charge in [-0.2, -0.15) is 0 Å². The molecule has 2 atom stereocenters. The van der Waals surface area contributed by atoms with Gasteiger partial charge in [0, 0.05) is 31.5 Å². The molecule has 28 heavy (non-hydrogen) atoms. The van der Waals surface area contributed by atoms with Crippen molar-refractivity contribution < 1.29 is 19.1 Å². The number of aryl methyl sites for hydroxylation is 1. The molecule has 1 aromatic carbocycles. The van der Waals surface area contributed by atoms with Gasteiger partial charge in [-0.15, -0.1) is 0 Å². The minimum absolute atomic E-state index is 0.0417. The smallest absolute Gasteiger partial charge is 0.244 e. The molecule has 6 heteroatoms. The summed E-state index contributed by atoms with van der Waals surface area (Å²) in [7, 11) is 0. The standard InChI is InChI=1S/C22H28N2O4/c1-14(2)15(3)9-19(25)23-22-10-17(22)11-24(12-22)20(26)8-7-16-5-4-6-18-21(16)28-13-27-18/h4-6,9,14,17H,7-8,10-13H2,1-3H3,(H,23,25)/b15-9+/t17-,22-/m1/s1. The molecule has 4 rings (SSSR count). The Morgan fingerprint density at radius 1 is 1.36 bits per heavy atom. The van der Waals surface area contributed by atoms with Crippen LogP contribution in [0.5, 0.6) is 11.5 Å². The predicted molar refractivity (Wildman–Crippen MR) is 105 cm³/mol. The predicted octanol–water partition coefficient (Wildman–Crippen LogP) is 2.67. The van der Waals surface area contributed by atoms with Crippen LogP contribution in [0.25, 0.3) is 0 Å². The van der Waals surface area contributed by atoms with Gasteiger partial charge in [0.15, 0.2) is 11.5 Å².